The van der Waals surface area contributed by atoms with Crippen LogP contribution in [-0.2, 0) is 29.1 Å². The Morgan fingerprint density at radius 2 is 0.895 bits per heavy atom. The minimum absolute atomic E-state index is 0.476. The van der Waals surface area contributed by atoms with Crippen molar-refractivity contribution in [3.8, 4) is 0 Å². The molecule has 0 saturated heterocycles. The van der Waals surface area contributed by atoms with E-state index in [0.717, 1.165) is 38.5 Å². The molecule has 6 nitrogen and oxygen atoms in total. The van der Waals surface area contributed by atoms with Crippen molar-refractivity contribution in [3.05, 3.63) is 0 Å². The maximum Gasteiger partial charge on any atom is 0.725 e. The summed E-state index contributed by atoms with van der Waals surface area (Å²) < 4.78 is 0. The van der Waals surface area contributed by atoms with Crippen molar-refractivity contribution in [3.63, 3.8) is 0 Å². The van der Waals surface area contributed by atoms with E-state index in [1.807, 2.05) is 0 Å². The van der Waals surface area contributed by atoms with Gasteiger partial charge in [0.25, 0.3) is 0 Å². The molecule has 0 aliphatic rings. The standard InChI is InChI=1S/C12H27BO6/c1-4-7-10-14-17-13(18-15-11-8-5-2)19-16-12-9-6-3/h4-12H2,1-3H3. The summed E-state index contributed by atoms with van der Waals surface area (Å²) in [7, 11) is -1.12. The van der Waals surface area contributed by atoms with E-state index in [9.17, 15) is 0 Å². The molecular formula is C12H27BO6. The van der Waals surface area contributed by atoms with Crippen LogP contribution in [-0.4, -0.2) is 27.1 Å². The summed E-state index contributed by atoms with van der Waals surface area (Å²) in [5.74, 6) is 0. The fraction of sp³-hybridized carbons (Fsp3) is 1.00. The molecule has 0 bridgehead atoms. The zero-order valence-corrected chi connectivity index (χ0v) is 12.4. The average molecular weight is 278 g/mol. The van der Waals surface area contributed by atoms with Gasteiger partial charge in [0.2, 0.25) is 0 Å². The van der Waals surface area contributed by atoms with Gasteiger partial charge in [0.05, 0.1) is 19.8 Å². The first-order chi connectivity index (χ1) is 9.35. The van der Waals surface area contributed by atoms with Gasteiger partial charge >= 0.3 is 7.32 Å². The van der Waals surface area contributed by atoms with Crippen LogP contribution in [0.5, 0.6) is 0 Å². The van der Waals surface area contributed by atoms with Crippen LogP contribution in [0.3, 0.4) is 0 Å². The Morgan fingerprint density at radius 1 is 0.579 bits per heavy atom. The maximum absolute atomic E-state index is 4.94. The first kappa shape index (κ1) is 18.8. The molecule has 0 saturated carbocycles. The van der Waals surface area contributed by atoms with Crippen molar-refractivity contribution in [1.82, 2.24) is 0 Å². The van der Waals surface area contributed by atoms with E-state index in [0.29, 0.717) is 19.8 Å². The third-order valence-corrected chi connectivity index (χ3v) is 2.18. The lowest BCUT2D eigenvalue weighted by Crippen LogP contribution is -2.28. The summed E-state index contributed by atoms with van der Waals surface area (Å²) in [6, 6.07) is 0. The second-order valence-electron chi connectivity index (χ2n) is 4.10. The Morgan fingerprint density at radius 3 is 1.16 bits per heavy atom. The first-order valence-electron chi connectivity index (χ1n) is 7.19. The number of unbranched alkanes of at least 4 members (excludes halogenated alkanes) is 3. The monoisotopic (exact) mass is 278 g/mol. The van der Waals surface area contributed by atoms with Crippen molar-refractivity contribution >= 4 is 7.32 Å². The van der Waals surface area contributed by atoms with Gasteiger partial charge in [0.15, 0.2) is 0 Å². The van der Waals surface area contributed by atoms with Crippen LogP contribution in [0.15, 0.2) is 0 Å². The molecule has 114 valence electrons. The van der Waals surface area contributed by atoms with Crippen molar-refractivity contribution in [2.24, 2.45) is 0 Å². The molecule has 0 aromatic carbocycles. The Hall–Kier alpha value is -0.175. The minimum atomic E-state index is -1.12. The summed E-state index contributed by atoms with van der Waals surface area (Å²) in [6.07, 6.45) is 5.78. The van der Waals surface area contributed by atoms with Crippen molar-refractivity contribution in [2.45, 2.75) is 59.3 Å². The third kappa shape index (κ3) is 14.0. The Bertz CT molecular complexity index is 144. The maximum atomic E-state index is 4.94. The molecule has 0 N–H and O–H groups in total. The number of rotatable bonds is 15. The lowest BCUT2D eigenvalue weighted by molar-refractivity contribution is -0.348. The number of hydrogen-bond donors (Lipinski definition) is 0. The summed E-state index contributed by atoms with van der Waals surface area (Å²) in [4.78, 5) is 29.6. The SMILES string of the molecule is CCCCOOB(OOCCCC)OOCCCC. The fourth-order valence-electron chi connectivity index (χ4n) is 0.969. The van der Waals surface area contributed by atoms with Crippen LogP contribution < -0.4 is 0 Å². The van der Waals surface area contributed by atoms with Gasteiger partial charge in [-0.3, -0.25) is 0 Å². The second kappa shape index (κ2) is 15.9. The van der Waals surface area contributed by atoms with Gasteiger partial charge < -0.3 is 0 Å². The molecule has 0 radical (unpaired) electrons. The molecule has 19 heavy (non-hydrogen) atoms. The highest BCUT2D eigenvalue weighted by Crippen LogP contribution is 2.00. The Balaban J connectivity index is 3.66. The van der Waals surface area contributed by atoms with E-state index in [1.165, 1.54) is 0 Å². The van der Waals surface area contributed by atoms with Gasteiger partial charge in [-0.25, -0.2) is 29.1 Å². The Labute approximate surface area is 116 Å². The van der Waals surface area contributed by atoms with Gasteiger partial charge in [-0.2, -0.15) is 0 Å². The van der Waals surface area contributed by atoms with Crippen LogP contribution in [0, 0.1) is 0 Å². The molecule has 0 aromatic heterocycles. The van der Waals surface area contributed by atoms with Crippen LogP contribution in [0.2, 0.25) is 0 Å². The van der Waals surface area contributed by atoms with Gasteiger partial charge in [0.1, 0.15) is 0 Å². The topological polar surface area (TPSA) is 55.4 Å². The molecule has 0 amide bonds. The zero-order chi connectivity index (χ0) is 14.2. The van der Waals surface area contributed by atoms with E-state index < -0.39 is 7.32 Å². The predicted molar refractivity (Wildman–Crippen MR) is 71.6 cm³/mol. The van der Waals surface area contributed by atoms with Crippen molar-refractivity contribution < 1.29 is 29.1 Å². The summed E-state index contributed by atoms with van der Waals surface area (Å²) in [6.45, 7) is 7.62. The van der Waals surface area contributed by atoms with Crippen LogP contribution in [0.1, 0.15) is 59.3 Å². The minimum Gasteiger partial charge on any atom is -0.247 e. The van der Waals surface area contributed by atoms with Gasteiger partial charge in [-0.05, 0) is 19.3 Å². The average Bonchev–Trinajstić information content (AvgIpc) is 2.43. The summed E-state index contributed by atoms with van der Waals surface area (Å²) >= 11 is 0. The first-order valence-corrected chi connectivity index (χ1v) is 7.19. The highest BCUT2D eigenvalue weighted by atomic mass is 17.3. The molecule has 7 heteroatoms. The quantitative estimate of drug-likeness (QED) is 0.198. The van der Waals surface area contributed by atoms with E-state index in [1.54, 1.807) is 0 Å². The number of hydrogen-bond acceptors (Lipinski definition) is 6. The smallest absolute Gasteiger partial charge is 0.247 e. The predicted octanol–water partition coefficient (Wildman–Crippen LogP) is 3.22. The molecule has 0 rings (SSSR count). The van der Waals surface area contributed by atoms with E-state index in [-0.39, 0.29) is 0 Å². The highest BCUT2D eigenvalue weighted by molar-refractivity contribution is 6.35. The van der Waals surface area contributed by atoms with E-state index in [2.05, 4.69) is 20.8 Å². The van der Waals surface area contributed by atoms with Gasteiger partial charge in [-0.15, -0.1) is 0 Å². The molecule has 0 aromatic rings. The van der Waals surface area contributed by atoms with E-state index >= 15 is 0 Å². The van der Waals surface area contributed by atoms with Gasteiger partial charge in [0, 0.05) is 0 Å². The van der Waals surface area contributed by atoms with Crippen LogP contribution in [0.25, 0.3) is 0 Å². The molecule has 0 aliphatic carbocycles. The molecule has 0 atom stereocenters. The second-order valence-corrected chi connectivity index (χ2v) is 4.10. The molecule has 0 spiro atoms. The summed E-state index contributed by atoms with van der Waals surface area (Å²) in [5.41, 5.74) is 0. The highest BCUT2D eigenvalue weighted by Gasteiger charge is 2.26. The van der Waals surface area contributed by atoms with Crippen molar-refractivity contribution in [1.29, 1.82) is 0 Å². The van der Waals surface area contributed by atoms with Gasteiger partial charge in [-0.1, -0.05) is 40.0 Å². The third-order valence-electron chi connectivity index (χ3n) is 2.18. The lowest BCUT2D eigenvalue weighted by atomic mass is 10.3. The lowest BCUT2D eigenvalue weighted by Gasteiger charge is -2.11. The van der Waals surface area contributed by atoms with Crippen LogP contribution in [0.4, 0.5) is 0 Å². The van der Waals surface area contributed by atoms with Crippen molar-refractivity contribution in [2.75, 3.05) is 19.8 Å². The molecular weight excluding hydrogens is 251 g/mol. The van der Waals surface area contributed by atoms with E-state index in [4.69, 9.17) is 29.1 Å². The molecule has 0 fully saturated rings. The van der Waals surface area contributed by atoms with Crippen LogP contribution >= 0.6 is 0 Å². The molecule has 0 unspecified atom stereocenters. The largest absolute Gasteiger partial charge is 0.725 e. The Kier molecular flexibility index (Phi) is 15.7. The molecule has 0 heterocycles. The molecule has 0 aliphatic heterocycles. The fourth-order valence-corrected chi connectivity index (χ4v) is 0.969. The summed E-state index contributed by atoms with van der Waals surface area (Å²) in [5, 5.41) is 0. The zero-order valence-electron chi connectivity index (χ0n) is 12.4. The normalized spacial score (nSPS) is 10.9.